The fourth-order valence-corrected chi connectivity index (χ4v) is 1.30. The summed E-state index contributed by atoms with van der Waals surface area (Å²) in [5.74, 6) is 0. The summed E-state index contributed by atoms with van der Waals surface area (Å²) in [6.07, 6.45) is 2.97. The Kier molecular flexibility index (Phi) is 8.40. The van der Waals surface area contributed by atoms with Crippen LogP contribution in [0.3, 0.4) is 0 Å². The quantitative estimate of drug-likeness (QED) is 0.640. The standard InChI is InChI=1S/C8H10.C8H8.CH4.H2/c2*1-2-8-6-4-3-5-7-8;;/h3-7H,2H2,1H3;2-7H,1H2;1H4;1H. The molecule has 0 atom stereocenters. The SMILES string of the molecule is C.C=Cc1ccccc1.CCc1ccccc1.[HH]. The smallest absolute Gasteiger partial charge is 0 e. The second-order valence-electron chi connectivity index (χ2n) is 3.45. The van der Waals surface area contributed by atoms with E-state index in [-0.39, 0.29) is 8.85 Å². The molecule has 0 fully saturated rings. The lowest BCUT2D eigenvalue weighted by Gasteiger charge is -1.89. The minimum Gasteiger partial charge on any atom is -0.0985 e. The van der Waals surface area contributed by atoms with Gasteiger partial charge < -0.3 is 0 Å². The molecule has 0 heterocycles. The zero-order valence-corrected chi connectivity index (χ0v) is 9.77. The third-order valence-corrected chi connectivity index (χ3v) is 2.29. The van der Waals surface area contributed by atoms with Gasteiger partial charge in [0, 0.05) is 1.43 Å². The highest BCUT2D eigenvalue weighted by molar-refractivity contribution is 5.45. The molecule has 0 unspecified atom stereocenters. The Balaban J connectivity index is 0. The van der Waals surface area contributed by atoms with E-state index in [0.29, 0.717) is 0 Å². The van der Waals surface area contributed by atoms with E-state index in [2.05, 4.69) is 37.8 Å². The Morgan fingerprint density at radius 2 is 1.41 bits per heavy atom. The second-order valence-corrected chi connectivity index (χ2v) is 3.45. The monoisotopic (exact) mass is 228 g/mol. The van der Waals surface area contributed by atoms with Crippen LogP contribution in [-0.4, -0.2) is 0 Å². The van der Waals surface area contributed by atoms with Crippen molar-refractivity contribution >= 4 is 6.08 Å². The highest BCUT2D eigenvalue weighted by Gasteiger charge is 1.80. The van der Waals surface area contributed by atoms with Crippen molar-refractivity contribution in [2.24, 2.45) is 0 Å². The molecule has 0 radical (unpaired) electrons. The molecule has 2 rings (SSSR count). The predicted molar refractivity (Wildman–Crippen MR) is 81.2 cm³/mol. The Morgan fingerprint density at radius 1 is 0.941 bits per heavy atom. The summed E-state index contributed by atoms with van der Waals surface area (Å²) in [6, 6.07) is 20.5. The van der Waals surface area contributed by atoms with E-state index < -0.39 is 0 Å². The summed E-state index contributed by atoms with van der Waals surface area (Å²) < 4.78 is 0. The molecule has 92 valence electrons. The normalized spacial score (nSPS) is 8.29. The van der Waals surface area contributed by atoms with Gasteiger partial charge in [-0.25, -0.2) is 0 Å². The van der Waals surface area contributed by atoms with Gasteiger partial charge in [-0.1, -0.05) is 87.7 Å². The third kappa shape index (κ3) is 6.36. The molecule has 0 aliphatic rings. The summed E-state index contributed by atoms with van der Waals surface area (Å²) in [4.78, 5) is 0. The summed E-state index contributed by atoms with van der Waals surface area (Å²) in [6.45, 7) is 5.79. The third-order valence-electron chi connectivity index (χ3n) is 2.29. The lowest BCUT2D eigenvalue weighted by Crippen LogP contribution is -1.73. The predicted octanol–water partition coefficient (Wildman–Crippen LogP) is 5.46. The van der Waals surface area contributed by atoms with E-state index in [9.17, 15) is 0 Å². The molecule has 0 bridgehead atoms. The van der Waals surface area contributed by atoms with Crippen LogP contribution in [0.1, 0.15) is 26.9 Å². The van der Waals surface area contributed by atoms with Gasteiger partial charge in [-0.05, 0) is 17.5 Å². The maximum Gasteiger partial charge on any atom is 0 e. The average molecular weight is 228 g/mol. The lowest BCUT2D eigenvalue weighted by molar-refractivity contribution is 1.14. The Labute approximate surface area is 107 Å². The van der Waals surface area contributed by atoms with Crippen molar-refractivity contribution in [1.82, 2.24) is 0 Å². The van der Waals surface area contributed by atoms with Crippen LogP contribution in [0.5, 0.6) is 0 Å². The van der Waals surface area contributed by atoms with Crippen molar-refractivity contribution in [1.29, 1.82) is 0 Å². The topological polar surface area (TPSA) is 0 Å². The van der Waals surface area contributed by atoms with E-state index in [1.165, 1.54) is 11.1 Å². The van der Waals surface area contributed by atoms with E-state index >= 15 is 0 Å². The molecule has 0 saturated carbocycles. The number of hydrogen-bond acceptors (Lipinski definition) is 0. The molecule has 2 aromatic rings. The van der Waals surface area contributed by atoms with Crippen molar-refractivity contribution in [3.8, 4) is 0 Å². The molecular weight excluding hydrogens is 204 g/mol. The van der Waals surface area contributed by atoms with Crippen LogP contribution in [0.4, 0.5) is 0 Å². The maximum atomic E-state index is 3.63. The zero-order valence-electron chi connectivity index (χ0n) is 9.77. The lowest BCUT2D eigenvalue weighted by atomic mass is 10.2. The van der Waals surface area contributed by atoms with E-state index in [1.807, 2.05) is 42.5 Å². The number of hydrogen-bond donors (Lipinski definition) is 0. The van der Waals surface area contributed by atoms with Gasteiger partial charge in [0.1, 0.15) is 0 Å². The first-order valence-corrected chi connectivity index (χ1v) is 5.58. The molecule has 0 aromatic heterocycles. The zero-order chi connectivity index (χ0) is 11.6. The fraction of sp³-hybridized carbons (Fsp3) is 0.176. The van der Waals surface area contributed by atoms with E-state index in [0.717, 1.165) is 6.42 Å². The van der Waals surface area contributed by atoms with Crippen molar-refractivity contribution in [2.75, 3.05) is 0 Å². The van der Waals surface area contributed by atoms with Gasteiger partial charge >= 0.3 is 0 Å². The molecule has 2 aromatic carbocycles. The number of rotatable bonds is 2. The van der Waals surface area contributed by atoms with Crippen LogP contribution < -0.4 is 0 Å². The summed E-state index contributed by atoms with van der Waals surface area (Å²) in [5, 5.41) is 0. The van der Waals surface area contributed by atoms with Gasteiger partial charge in [-0.2, -0.15) is 0 Å². The van der Waals surface area contributed by atoms with Crippen LogP contribution in [0.25, 0.3) is 6.08 Å². The summed E-state index contributed by atoms with van der Waals surface area (Å²) >= 11 is 0. The highest BCUT2D eigenvalue weighted by Crippen LogP contribution is 1.97. The first kappa shape index (κ1) is 15.2. The van der Waals surface area contributed by atoms with Crippen molar-refractivity contribution in [3.05, 3.63) is 78.4 Å². The van der Waals surface area contributed by atoms with Gasteiger partial charge in [0.05, 0.1) is 0 Å². The van der Waals surface area contributed by atoms with Crippen LogP contribution in [0.15, 0.2) is 67.2 Å². The molecule has 0 heteroatoms. The molecule has 17 heavy (non-hydrogen) atoms. The maximum absolute atomic E-state index is 3.63. The van der Waals surface area contributed by atoms with Crippen molar-refractivity contribution in [2.45, 2.75) is 20.8 Å². The Morgan fingerprint density at radius 3 is 1.71 bits per heavy atom. The summed E-state index contributed by atoms with van der Waals surface area (Å²) in [5.41, 5.74) is 2.58. The highest BCUT2D eigenvalue weighted by atomic mass is 13.9. The Hall–Kier alpha value is -1.82. The molecule has 0 N–H and O–H groups in total. The van der Waals surface area contributed by atoms with E-state index in [4.69, 9.17) is 0 Å². The van der Waals surface area contributed by atoms with Gasteiger partial charge in [0.25, 0.3) is 0 Å². The second kappa shape index (κ2) is 9.41. The first-order chi connectivity index (χ1) is 7.86. The first-order valence-electron chi connectivity index (χ1n) is 5.58. The van der Waals surface area contributed by atoms with Crippen LogP contribution >= 0.6 is 0 Å². The van der Waals surface area contributed by atoms with Crippen LogP contribution in [-0.2, 0) is 6.42 Å². The minimum absolute atomic E-state index is 0. The summed E-state index contributed by atoms with van der Waals surface area (Å²) in [7, 11) is 0. The molecule has 0 aliphatic carbocycles. The molecule has 0 spiro atoms. The largest absolute Gasteiger partial charge is 0.0985 e. The molecule has 0 saturated heterocycles. The van der Waals surface area contributed by atoms with Crippen LogP contribution in [0.2, 0.25) is 0 Å². The van der Waals surface area contributed by atoms with Gasteiger partial charge in [0.2, 0.25) is 0 Å². The number of benzene rings is 2. The van der Waals surface area contributed by atoms with Gasteiger partial charge in [-0.15, -0.1) is 0 Å². The van der Waals surface area contributed by atoms with Crippen molar-refractivity contribution in [3.63, 3.8) is 0 Å². The van der Waals surface area contributed by atoms with Gasteiger partial charge in [0.15, 0.2) is 0 Å². The molecule has 0 amide bonds. The number of aryl methyl sites for hydroxylation is 1. The Bertz CT molecular complexity index is 392. The minimum atomic E-state index is 0. The van der Waals surface area contributed by atoms with Gasteiger partial charge in [-0.3, -0.25) is 0 Å². The van der Waals surface area contributed by atoms with E-state index in [1.54, 1.807) is 0 Å². The average Bonchev–Trinajstić information content (AvgIpc) is 2.41. The molecule has 0 nitrogen and oxygen atoms in total. The van der Waals surface area contributed by atoms with Crippen LogP contribution in [0, 0.1) is 0 Å². The molecule has 0 aliphatic heterocycles. The fourth-order valence-electron chi connectivity index (χ4n) is 1.30. The van der Waals surface area contributed by atoms with Crippen molar-refractivity contribution < 1.29 is 1.43 Å². The molecular formula is C17H24.